The first-order valence-electron chi connectivity index (χ1n) is 7.40. The molecule has 0 fully saturated rings. The molecule has 0 aliphatic heterocycles. The van der Waals surface area contributed by atoms with Crippen LogP contribution in [-0.4, -0.2) is 20.1 Å². The van der Waals surface area contributed by atoms with Crippen LogP contribution in [0.3, 0.4) is 0 Å². The van der Waals surface area contributed by atoms with Crippen LogP contribution >= 0.6 is 0 Å². The van der Waals surface area contributed by atoms with Gasteiger partial charge in [0.25, 0.3) is 10.0 Å². The van der Waals surface area contributed by atoms with Crippen molar-refractivity contribution in [1.82, 2.24) is 4.57 Å². The van der Waals surface area contributed by atoms with Crippen LogP contribution in [0.1, 0.15) is 5.56 Å². The van der Waals surface area contributed by atoms with Gasteiger partial charge in [-0.15, -0.1) is 0 Å². The number of nitrogens with one attached hydrogen (secondary N) is 1. The number of ether oxygens (including phenoxy) is 1. The SMILES string of the molecule is COc1ccc(S(=O)(=O)Nc2cccc(-n3cccc3)c2)cc1C. The quantitative estimate of drug-likeness (QED) is 0.771. The van der Waals surface area contributed by atoms with E-state index in [0.717, 1.165) is 11.3 Å². The summed E-state index contributed by atoms with van der Waals surface area (Å²) in [5, 5.41) is 0. The number of hydrogen-bond acceptors (Lipinski definition) is 3. The number of sulfonamides is 1. The summed E-state index contributed by atoms with van der Waals surface area (Å²) in [6.45, 7) is 1.81. The lowest BCUT2D eigenvalue weighted by Gasteiger charge is -2.12. The molecule has 0 unspecified atom stereocenters. The zero-order chi connectivity index (χ0) is 17.2. The first-order chi connectivity index (χ1) is 11.5. The van der Waals surface area contributed by atoms with E-state index in [9.17, 15) is 8.42 Å². The maximum Gasteiger partial charge on any atom is 0.261 e. The van der Waals surface area contributed by atoms with Crippen LogP contribution in [0.2, 0.25) is 0 Å². The molecule has 0 atom stereocenters. The van der Waals surface area contributed by atoms with Gasteiger partial charge in [0.05, 0.1) is 17.7 Å². The molecule has 0 saturated heterocycles. The smallest absolute Gasteiger partial charge is 0.261 e. The molecule has 6 heteroatoms. The second kappa shape index (κ2) is 6.41. The molecule has 0 bridgehead atoms. The van der Waals surface area contributed by atoms with E-state index < -0.39 is 10.0 Å². The summed E-state index contributed by atoms with van der Waals surface area (Å²) < 4.78 is 34.9. The number of methoxy groups -OCH3 is 1. The average Bonchev–Trinajstić information content (AvgIpc) is 3.09. The Morgan fingerprint density at radius 1 is 1.00 bits per heavy atom. The summed E-state index contributed by atoms with van der Waals surface area (Å²) in [5.74, 6) is 0.656. The average molecular weight is 342 g/mol. The Morgan fingerprint density at radius 2 is 1.75 bits per heavy atom. The minimum absolute atomic E-state index is 0.201. The lowest BCUT2D eigenvalue weighted by Crippen LogP contribution is -2.13. The molecule has 0 aliphatic carbocycles. The Hall–Kier alpha value is -2.73. The van der Waals surface area contributed by atoms with Gasteiger partial charge >= 0.3 is 0 Å². The minimum Gasteiger partial charge on any atom is -0.496 e. The minimum atomic E-state index is -3.66. The van der Waals surface area contributed by atoms with Crippen molar-refractivity contribution in [3.63, 3.8) is 0 Å². The molecule has 0 amide bonds. The fourth-order valence-corrected chi connectivity index (χ4v) is 3.60. The van der Waals surface area contributed by atoms with Gasteiger partial charge < -0.3 is 9.30 Å². The molecule has 0 spiro atoms. The van der Waals surface area contributed by atoms with Crippen LogP contribution in [0.5, 0.6) is 5.75 Å². The molecule has 124 valence electrons. The summed E-state index contributed by atoms with van der Waals surface area (Å²) >= 11 is 0. The summed E-state index contributed by atoms with van der Waals surface area (Å²) in [6, 6.07) is 15.8. The Balaban J connectivity index is 1.90. The van der Waals surface area contributed by atoms with Crippen molar-refractivity contribution in [3.8, 4) is 11.4 Å². The number of rotatable bonds is 5. The third-order valence-electron chi connectivity index (χ3n) is 3.68. The zero-order valence-electron chi connectivity index (χ0n) is 13.4. The number of nitrogens with zero attached hydrogens (tertiary/aromatic N) is 1. The summed E-state index contributed by atoms with van der Waals surface area (Å²) in [6.07, 6.45) is 3.81. The lowest BCUT2D eigenvalue weighted by molar-refractivity contribution is 0.411. The zero-order valence-corrected chi connectivity index (χ0v) is 14.2. The third kappa shape index (κ3) is 3.28. The van der Waals surface area contributed by atoms with Gasteiger partial charge in [-0.25, -0.2) is 8.42 Å². The largest absolute Gasteiger partial charge is 0.496 e. The topological polar surface area (TPSA) is 60.3 Å². The fourth-order valence-electron chi connectivity index (χ4n) is 2.47. The van der Waals surface area contributed by atoms with Crippen LogP contribution in [0.15, 0.2) is 71.9 Å². The van der Waals surface area contributed by atoms with E-state index in [1.807, 2.05) is 48.1 Å². The van der Waals surface area contributed by atoms with Gasteiger partial charge in [0.1, 0.15) is 5.75 Å². The molecule has 1 heterocycles. The predicted molar refractivity (Wildman–Crippen MR) is 94.3 cm³/mol. The monoisotopic (exact) mass is 342 g/mol. The van der Waals surface area contributed by atoms with E-state index in [2.05, 4.69) is 4.72 Å². The first-order valence-corrected chi connectivity index (χ1v) is 8.89. The van der Waals surface area contributed by atoms with Gasteiger partial charge in [0.2, 0.25) is 0 Å². The van der Waals surface area contributed by atoms with Crippen molar-refractivity contribution in [2.75, 3.05) is 11.8 Å². The summed E-state index contributed by atoms with van der Waals surface area (Å²) in [5.41, 5.74) is 2.15. The van der Waals surface area contributed by atoms with Crippen LogP contribution in [0.4, 0.5) is 5.69 Å². The lowest BCUT2D eigenvalue weighted by atomic mass is 10.2. The maximum atomic E-state index is 12.6. The Morgan fingerprint density at radius 3 is 2.42 bits per heavy atom. The number of hydrogen-bond donors (Lipinski definition) is 1. The molecule has 3 aromatic rings. The summed E-state index contributed by atoms with van der Waals surface area (Å²) in [4.78, 5) is 0.201. The Labute approximate surface area is 141 Å². The first kappa shape index (κ1) is 16.1. The van der Waals surface area contributed by atoms with E-state index in [-0.39, 0.29) is 4.90 Å². The second-order valence-corrected chi connectivity index (χ2v) is 7.06. The van der Waals surface area contributed by atoms with Crippen molar-refractivity contribution < 1.29 is 13.2 Å². The van der Waals surface area contributed by atoms with Crippen LogP contribution in [0.25, 0.3) is 5.69 Å². The molecule has 3 rings (SSSR count). The number of benzene rings is 2. The van der Waals surface area contributed by atoms with Gasteiger partial charge in [-0.3, -0.25) is 4.72 Å². The molecule has 0 radical (unpaired) electrons. The van der Waals surface area contributed by atoms with Crippen molar-refractivity contribution in [1.29, 1.82) is 0 Å². The van der Waals surface area contributed by atoms with E-state index >= 15 is 0 Å². The van der Waals surface area contributed by atoms with Crippen LogP contribution in [0, 0.1) is 6.92 Å². The van der Waals surface area contributed by atoms with E-state index in [1.165, 1.54) is 6.07 Å². The maximum absolute atomic E-state index is 12.6. The Kier molecular flexibility index (Phi) is 4.31. The van der Waals surface area contributed by atoms with Crippen molar-refractivity contribution in [2.24, 2.45) is 0 Å². The van der Waals surface area contributed by atoms with Crippen LogP contribution < -0.4 is 9.46 Å². The van der Waals surface area contributed by atoms with Gasteiger partial charge in [-0.05, 0) is 61.0 Å². The molecule has 24 heavy (non-hydrogen) atoms. The normalized spacial score (nSPS) is 11.2. The van der Waals surface area contributed by atoms with Gasteiger partial charge in [0.15, 0.2) is 0 Å². The highest BCUT2D eigenvalue weighted by Crippen LogP contribution is 2.24. The summed E-state index contributed by atoms with van der Waals surface area (Å²) in [7, 11) is -2.10. The highest BCUT2D eigenvalue weighted by atomic mass is 32.2. The third-order valence-corrected chi connectivity index (χ3v) is 5.06. The standard InChI is InChI=1S/C18H18N2O3S/c1-14-12-17(8-9-18(14)23-2)24(21,22)19-15-6-5-7-16(13-15)20-10-3-4-11-20/h3-13,19H,1-2H3. The molecule has 1 aromatic heterocycles. The van der Waals surface area contributed by atoms with Crippen molar-refractivity contribution in [3.05, 3.63) is 72.6 Å². The predicted octanol–water partition coefficient (Wildman–Crippen LogP) is 3.60. The molecule has 1 N–H and O–H groups in total. The van der Waals surface area contributed by atoms with Gasteiger partial charge in [-0.1, -0.05) is 6.07 Å². The highest BCUT2D eigenvalue weighted by Gasteiger charge is 2.16. The number of aryl methyl sites for hydroxylation is 1. The highest BCUT2D eigenvalue weighted by molar-refractivity contribution is 7.92. The van der Waals surface area contributed by atoms with Crippen LogP contribution in [-0.2, 0) is 10.0 Å². The molecule has 0 aliphatic rings. The van der Waals surface area contributed by atoms with Crippen molar-refractivity contribution in [2.45, 2.75) is 11.8 Å². The molecule has 0 saturated carbocycles. The van der Waals surface area contributed by atoms with Gasteiger partial charge in [0, 0.05) is 18.1 Å². The molecular formula is C18H18N2O3S. The molecule has 5 nitrogen and oxygen atoms in total. The fraction of sp³-hybridized carbons (Fsp3) is 0.111. The van der Waals surface area contributed by atoms with E-state index in [0.29, 0.717) is 11.4 Å². The van der Waals surface area contributed by atoms with E-state index in [1.54, 1.807) is 31.4 Å². The number of aromatic nitrogens is 1. The van der Waals surface area contributed by atoms with E-state index in [4.69, 9.17) is 4.74 Å². The second-order valence-electron chi connectivity index (χ2n) is 5.38. The van der Waals surface area contributed by atoms with Gasteiger partial charge in [-0.2, -0.15) is 0 Å². The number of anilines is 1. The van der Waals surface area contributed by atoms with Crippen molar-refractivity contribution >= 4 is 15.7 Å². The molecular weight excluding hydrogens is 324 g/mol. The Bertz CT molecular complexity index is 948. The molecule has 2 aromatic carbocycles.